The molecule has 1 aromatic rings. The van der Waals surface area contributed by atoms with Gasteiger partial charge >= 0.3 is 0 Å². The third-order valence-corrected chi connectivity index (χ3v) is 6.34. The highest BCUT2D eigenvalue weighted by Gasteiger charge is 2.39. The molecule has 2 N–H and O–H groups in total. The largest absolute Gasteiger partial charge is 0.396 e. The fourth-order valence-electron chi connectivity index (χ4n) is 4.41. The molecule has 0 radical (unpaired) electrons. The van der Waals surface area contributed by atoms with Gasteiger partial charge < -0.3 is 19.8 Å². The van der Waals surface area contributed by atoms with Crippen molar-refractivity contribution in [2.24, 2.45) is 11.8 Å². The summed E-state index contributed by atoms with van der Waals surface area (Å²) >= 11 is 0. The second-order valence-corrected chi connectivity index (χ2v) is 8.40. The van der Waals surface area contributed by atoms with Crippen molar-refractivity contribution < 1.29 is 9.90 Å². The van der Waals surface area contributed by atoms with Crippen molar-refractivity contribution in [3.8, 4) is 0 Å². The van der Waals surface area contributed by atoms with Gasteiger partial charge in [0.1, 0.15) is 0 Å². The molecule has 2 aliphatic heterocycles. The highest BCUT2D eigenvalue weighted by Crippen LogP contribution is 2.41. The summed E-state index contributed by atoms with van der Waals surface area (Å²) in [4.78, 5) is 20.0. The van der Waals surface area contributed by atoms with Crippen LogP contribution in [0.2, 0.25) is 0 Å². The molecule has 7 heteroatoms. The Kier molecular flexibility index (Phi) is 5.03. The van der Waals surface area contributed by atoms with Gasteiger partial charge in [0.2, 0.25) is 0 Å². The maximum atomic E-state index is 13.2. The Morgan fingerprint density at radius 1 is 1.19 bits per heavy atom. The number of aromatic nitrogens is 2. The van der Waals surface area contributed by atoms with Crippen molar-refractivity contribution in [1.29, 1.82) is 0 Å². The van der Waals surface area contributed by atoms with E-state index in [1.807, 2.05) is 11.8 Å². The number of nitrogens with zero attached hydrogens (tertiary/aromatic N) is 4. The molecule has 0 bridgehead atoms. The predicted octanol–water partition coefficient (Wildman–Crippen LogP) is 0.523. The molecule has 144 valence electrons. The third-order valence-electron chi connectivity index (χ3n) is 6.34. The number of hydrogen-bond acceptors (Lipinski definition) is 5. The molecular weight excluding hydrogens is 330 g/mol. The van der Waals surface area contributed by atoms with Crippen LogP contribution in [0.4, 0.5) is 0 Å². The number of carbonyl (C=O) groups is 1. The Morgan fingerprint density at radius 3 is 2.54 bits per heavy atom. The lowest BCUT2D eigenvalue weighted by Crippen LogP contribution is -2.47. The molecule has 3 aliphatic rings. The van der Waals surface area contributed by atoms with Crippen LogP contribution in [0.25, 0.3) is 0 Å². The number of carbonyl (C=O) groups excluding carboxylic acids is 1. The first-order valence-corrected chi connectivity index (χ1v) is 9.92. The summed E-state index contributed by atoms with van der Waals surface area (Å²) in [7, 11) is 2.16. The van der Waals surface area contributed by atoms with Crippen LogP contribution in [0, 0.1) is 18.8 Å². The number of likely N-dealkylation sites (tertiary alicyclic amines) is 1. The van der Waals surface area contributed by atoms with Crippen molar-refractivity contribution in [2.45, 2.75) is 25.7 Å². The van der Waals surface area contributed by atoms with Gasteiger partial charge in [-0.1, -0.05) is 0 Å². The minimum atomic E-state index is 0.0949. The smallest absolute Gasteiger partial charge is 0.257 e. The van der Waals surface area contributed by atoms with Crippen LogP contribution >= 0.6 is 0 Å². The van der Waals surface area contributed by atoms with Gasteiger partial charge in [-0.15, -0.1) is 0 Å². The lowest BCUT2D eigenvalue weighted by molar-refractivity contribution is 0.0775. The molecule has 2 atom stereocenters. The van der Waals surface area contributed by atoms with Gasteiger partial charge in [-0.25, -0.2) is 0 Å². The fraction of sp³-hybridized carbons (Fsp3) is 0.789. The number of aliphatic hydroxyl groups is 1. The fourth-order valence-corrected chi connectivity index (χ4v) is 4.41. The van der Waals surface area contributed by atoms with E-state index in [0.29, 0.717) is 18.4 Å². The van der Waals surface area contributed by atoms with E-state index >= 15 is 0 Å². The number of piperazine rings is 1. The van der Waals surface area contributed by atoms with Crippen molar-refractivity contribution in [1.82, 2.24) is 24.9 Å². The van der Waals surface area contributed by atoms with Crippen molar-refractivity contribution in [2.75, 3.05) is 59.5 Å². The van der Waals surface area contributed by atoms with E-state index in [2.05, 4.69) is 27.0 Å². The SMILES string of the molecule is Cc1[nH]nc(C2CC2)c1C(=O)N1C[C@@H](CN2CCN(C)CC2)[C@@H](CO)C1. The molecule has 4 rings (SSSR count). The monoisotopic (exact) mass is 361 g/mol. The van der Waals surface area contributed by atoms with Crippen molar-refractivity contribution in [3.05, 3.63) is 17.0 Å². The van der Waals surface area contributed by atoms with E-state index in [-0.39, 0.29) is 18.4 Å². The molecule has 3 fully saturated rings. The second kappa shape index (κ2) is 7.29. The lowest BCUT2D eigenvalue weighted by Gasteiger charge is -2.34. The quantitative estimate of drug-likeness (QED) is 0.800. The molecule has 3 heterocycles. The summed E-state index contributed by atoms with van der Waals surface area (Å²) in [6.45, 7) is 8.81. The molecule has 1 aromatic heterocycles. The van der Waals surface area contributed by atoms with E-state index in [1.54, 1.807) is 0 Å². The van der Waals surface area contributed by atoms with Crippen LogP contribution in [-0.4, -0.2) is 95.4 Å². The molecule has 0 spiro atoms. The summed E-state index contributed by atoms with van der Waals surface area (Å²) in [6.07, 6.45) is 2.27. The normalized spacial score (nSPS) is 28.0. The maximum Gasteiger partial charge on any atom is 0.257 e. The van der Waals surface area contributed by atoms with Crippen molar-refractivity contribution in [3.63, 3.8) is 0 Å². The van der Waals surface area contributed by atoms with Crippen LogP contribution in [0.1, 0.15) is 40.5 Å². The average molecular weight is 361 g/mol. The Morgan fingerprint density at radius 2 is 1.88 bits per heavy atom. The van der Waals surface area contributed by atoms with Gasteiger partial charge in [-0.3, -0.25) is 9.89 Å². The van der Waals surface area contributed by atoms with Gasteiger partial charge in [0.15, 0.2) is 0 Å². The standard InChI is InChI=1S/C19H31N5O2/c1-13-17(18(21-20-13)14-3-4-14)19(26)24-10-15(16(11-24)12-25)9-23-7-5-22(2)6-8-23/h14-16,25H,3-12H2,1-2H3,(H,20,21)/t15-,16-/m1/s1. The first-order valence-electron chi connectivity index (χ1n) is 9.92. The molecular formula is C19H31N5O2. The highest BCUT2D eigenvalue weighted by atomic mass is 16.3. The molecule has 0 aromatic carbocycles. The summed E-state index contributed by atoms with van der Waals surface area (Å²) < 4.78 is 0. The Hall–Kier alpha value is -1.44. The zero-order valence-electron chi connectivity index (χ0n) is 15.9. The number of aliphatic hydroxyl groups excluding tert-OH is 1. The first-order chi connectivity index (χ1) is 12.6. The molecule has 1 aliphatic carbocycles. The minimum absolute atomic E-state index is 0.0949. The molecule has 0 unspecified atom stereocenters. The molecule has 26 heavy (non-hydrogen) atoms. The molecule has 2 saturated heterocycles. The van der Waals surface area contributed by atoms with E-state index < -0.39 is 0 Å². The number of likely N-dealkylation sites (N-methyl/N-ethyl adjacent to an activating group) is 1. The Balaban J connectivity index is 1.43. The number of H-pyrrole nitrogens is 1. The maximum absolute atomic E-state index is 13.2. The van der Waals surface area contributed by atoms with Gasteiger partial charge in [-0.2, -0.15) is 5.10 Å². The molecule has 1 saturated carbocycles. The van der Waals surface area contributed by atoms with E-state index in [0.717, 1.165) is 69.1 Å². The third kappa shape index (κ3) is 3.52. The predicted molar refractivity (Wildman–Crippen MR) is 99.2 cm³/mol. The van der Waals surface area contributed by atoms with Crippen LogP contribution in [0.15, 0.2) is 0 Å². The summed E-state index contributed by atoms with van der Waals surface area (Å²) in [6, 6.07) is 0. The van der Waals surface area contributed by atoms with Gasteiger partial charge in [0, 0.05) is 69.9 Å². The van der Waals surface area contributed by atoms with E-state index in [4.69, 9.17) is 0 Å². The van der Waals surface area contributed by atoms with Gasteiger partial charge in [0.05, 0.1) is 11.3 Å². The number of amides is 1. The zero-order chi connectivity index (χ0) is 18.3. The Labute approximate surface area is 155 Å². The van der Waals surface area contributed by atoms with Crippen LogP contribution < -0.4 is 0 Å². The molecule has 7 nitrogen and oxygen atoms in total. The van der Waals surface area contributed by atoms with Crippen LogP contribution in [0.3, 0.4) is 0 Å². The number of aryl methyl sites for hydroxylation is 1. The summed E-state index contributed by atoms with van der Waals surface area (Å²) in [5.74, 6) is 1.08. The number of rotatable bonds is 5. The zero-order valence-corrected chi connectivity index (χ0v) is 15.9. The van der Waals surface area contributed by atoms with Crippen LogP contribution in [0.5, 0.6) is 0 Å². The lowest BCUT2D eigenvalue weighted by atomic mass is 9.96. The second-order valence-electron chi connectivity index (χ2n) is 8.40. The minimum Gasteiger partial charge on any atom is -0.396 e. The number of nitrogens with one attached hydrogen (secondary N) is 1. The Bertz CT molecular complexity index is 648. The van der Waals surface area contributed by atoms with Crippen molar-refractivity contribution >= 4 is 5.91 Å². The number of aromatic amines is 1. The highest BCUT2D eigenvalue weighted by molar-refractivity contribution is 5.97. The molecule has 1 amide bonds. The summed E-state index contributed by atoms with van der Waals surface area (Å²) in [5.41, 5.74) is 2.61. The number of hydrogen-bond donors (Lipinski definition) is 2. The van der Waals surface area contributed by atoms with Gasteiger partial charge in [-0.05, 0) is 32.7 Å². The topological polar surface area (TPSA) is 75.7 Å². The first kappa shape index (κ1) is 17.9. The van der Waals surface area contributed by atoms with E-state index in [1.165, 1.54) is 0 Å². The van der Waals surface area contributed by atoms with Gasteiger partial charge in [0.25, 0.3) is 5.91 Å². The summed E-state index contributed by atoms with van der Waals surface area (Å²) in [5, 5.41) is 17.3. The average Bonchev–Trinajstić information content (AvgIpc) is 3.29. The van der Waals surface area contributed by atoms with E-state index in [9.17, 15) is 9.90 Å². The van der Waals surface area contributed by atoms with Crippen LogP contribution in [-0.2, 0) is 0 Å².